The lowest BCUT2D eigenvalue weighted by atomic mass is 10.1. The fraction of sp³-hybridized carbons (Fsp3) is 0.0833. The van der Waals surface area contributed by atoms with Gasteiger partial charge in [-0.2, -0.15) is 5.10 Å². The van der Waals surface area contributed by atoms with Crippen LogP contribution in [-0.2, 0) is 6.54 Å². The van der Waals surface area contributed by atoms with Crippen LogP contribution in [0.2, 0.25) is 5.02 Å². The molecule has 0 aliphatic heterocycles. The molecular weight excluding hydrogens is 460 g/mol. The van der Waals surface area contributed by atoms with Crippen LogP contribution in [0.5, 0.6) is 0 Å². The minimum atomic E-state index is -0.654. The van der Waals surface area contributed by atoms with Crippen molar-refractivity contribution in [1.82, 2.24) is 20.6 Å². The summed E-state index contributed by atoms with van der Waals surface area (Å²) in [5, 5.41) is 5.31. The Labute approximate surface area is 198 Å². The van der Waals surface area contributed by atoms with E-state index in [-0.39, 0.29) is 28.4 Å². The minimum absolute atomic E-state index is 0.0189. The summed E-state index contributed by atoms with van der Waals surface area (Å²) in [6.07, 6.45) is 1.88. The zero-order valence-corrected chi connectivity index (χ0v) is 19.1. The maximum Gasteiger partial charge on any atom is 0.290 e. The van der Waals surface area contributed by atoms with Crippen LogP contribution in [0, 0.1) is 0 Å². The SMILES string of the molecule is CSc1ccc(Cl)c(C(=O)NNC(=O)c2nn(Cc3ccccc3)c(=O)c3ccccc23)c1. The van der Waals surface area contributed by atoms with E-state index in [1.807, 2.05) is 36.6 Å². The molecule has 0 unspecified atom stereocenters. The Morgan fingerprint density at radius 2 is 1.61 bits per heavy atom. The summed E-state index contributed by atoms with van der Waals surface area (Å²) < 4.78 is 1.24. The van der Waals surface area contributed by atoms with Crippen LogP contribution in [0.3, 0.4) is 0 Å². The van der Waals surface area contributed by atoms with Gasteiger partial charge in [0.05, 0.1) is 22.5 Å². The molecule has 0 fully saturated rings. The van der Waals surface area contributed by atoms with E-state index in [0.29, 0.717) is 10.8 Å². The minimum Gasteiger partial charge on any atom is -0.267 e. The highest BCUT2D eigenvalue weighted by molar-refractivity contribution is 7.98. The molecule has 3 aromatic carbocycles. The molecule has 0 atom stereocenters. The molecular formula is C24H19ClN4O3S. The molecule has 0 spiro atoms. The number of nitrogens with one attached hydrogen (secondary N) is 2. The van der Waals surface area contributed by atoms with Crippen molar-refractivity contribution in [2.24, 2.45) is 0 Å². The summed E-state index contributed by atoms with van der Waals surface area (Å²) in [7, 11) is 0. The first-order chi connectivity index (χ1) is 16.0. The largest absolute Gasteiger partial charge is 0.290 e. The fourth-order valence-corrected chi connectivity index (χ4v) is 3.96. The molecule has 0 saturated carbocycles. The van der Waals surface area contributed by atoms with Gasteiger partial charge in [0.15, 0.2) is 5.69 Å². The van der Waals surface area contributed by atoms with Gasteiger partial charge in [0.2, 0.25) is 0 Å². The zero-order valence-electron chi connectivity index (χ0n) is 17.5. The van der Waals surface area contributed by atoms with Gasteiger partial charge in [-0.05, 0) is 36.1 Å². The second kappa shape index (κ2) is 9.89. The molecule has 7 nitrogen and oxygen atoms in total. The Balaban J connectivity index is 1.63. The molecule has 0 radical (unpaired) electrons. The van der Waals surface area contributed by atoms with Gasteiger partial charge in [-0.15, -0.1) is 11.8 Å². The van der Waals surface area contributed by atoms with Gasteiger partial charge >= 0.3 is 0 Å². The number of carbonyl (C=O) groups excluding carboxylic acids is 2. The number of hydrogen-bond donors (Lipinski definition) is 2. The predicted molar refractivity (Wildman–Crippen MR) is 130 cm³/mol. The maximum absolute atomic E-state index is 13.0. The van der Waals surface area contributed by atoms with Gasteiger partial charge in [0.1, 0.15) is 0 Å². The fourth-order valence-electron chi connectivity index (χ4n) is 3.31. The van der Waals surface area contributed by atoms with Crippen molar-refractivity contribution in [1.29, 1.82) is 0 Å². The summed E-state index contributed by atoms with van der Waals surface area (Å²) in [5.41, 5.74) is 5.57. The number of fused-ring (bicyclic) bond motifs is 1. The van der Waals surface area contributed by atoms with Crippen LogP contribution in [0.25, 0.3) is 10.8 Å². The molecule has 0 saturated heterocycles. The third-order valence-electron chi connectivity index (χ3n) is 4.97. The monoisotopic (exact) mass is 478 g/mol. The van der Waals surface area contributed by atoms with Crippen molar-refractivity contribution in [2.45, 2.75) is 11.4 Å². The average molecular weight is 479 g/mol. The molecule has 1 aromatic heterocycles. The number of hydrogen-bond acceptors (Lipinski definition) is 5. The van der Waals surface area contributed by atoms with Crippen molar-refractivity contribution in [2.75, 3.05) is 6.26 Å². The highest BCUT2D eigenvalue weighted by Gasteiger charge is 2.18. The van der Waals surface area contributed by atoms with Crippen LogP contribution in [0.15, 0.2) is 82.5 Å². The van der Waals surface area contributed by atoms with Crippen molar-refractivity contribution >= 4 is 45.9 Å². The molecule has 4 aromatic rings. The Bertz CT molecular complexity index is 1410. The number of rotatable bonds is 5. The molecule has 0 bridgehead atoms. The van der Waals surface area contributed by atoms with Crippen molar-refractivity contribution in [3.8, 4) is 0 Å². The predicted octanol–water partition coefficient (Wildman–Crippen LogP) is 3.89. The van der Waals surface area contributed by atoms with E-state index in [4.69, 9.17) is 11.6 Å². The summed E-state index contributed by atoms with van der Waals surface area (Å²) in [4.78, 5) is 39.4. The smallest absolute Gasteiger partial charge is 0.267 e. The van der Waals surface area contributed by atoms with Crippen molar-refractivity contribution in [3.63, 3.8) is 0 Å². The van der Waals surface area contributed by atoms with E-state index in [9.17, 15) is 14.4 Å². The maximum atomic E-state index is 13.0. The third kappa shape index (κ3) is 4.92. The molecule has 0 aliphatic carbocycles. The summed E-state index contributed by atoms with van der Waals surface area (Å²) in [6, 6.07) is 21.1. The van der Waals surface area contributed by atoms with Crippen molar-refractivity contribution in [3.05, 3.63) is 105 Å². The Morgan fingerprint density at radius 1 is 0.939 bits per heavy atom. The Hall–Kier alpha value is -3.62. The van der Waals surface area contributed by atoms with E-state index in [1.165, 1.54) is 16.4 Å². The number of nitrogens with zero attached hydrogens (tertiary/aromatic N) is 2. The van der Waals surface area contributed by atoms with Crippen LogP contribution < -0.4 is 16.4 Å². The summed E-state index contributed by atoms with van der Waals surface area (Å²) in [6.45, 7) is 0.203. The van der Waals surface area contributed by atoms with Gasteiger partial charge in [-0.25, -0.2) is 4.68 Å². The molecule has 1 heterocycles. The van der Waals surface area contributed by atoms with Crippen LogP contribution in [0.4, 0.5) is 0 Å². The molecule has 2 amide bonds. The van der Waals surface area contributed by atoms with Crippen LogP contribution >= 0.6 is 23.4 Å². The van der Waals surface area contributed by atoms with E-state index >= 15 is 0 Å². The van der Waals surface area contributed by atoms with Crippen LogP contribution in [0.1, 0.15) is 26.4 Å². The molecule has 166 valence electrons. The Kier molecular flexibility index (Phi) is 6.76. The highest BCUT2D eigenvalue weighted by Crippen LogP contribution is 2.23. The average Bonchev–Trinajstić information content (AvgIpc) is 2.85. The van der Waals surface area contributed by atoms with Crippen LogP contribution in [-0.4, -0.2) is 27.9 Å². The van der Waals surface area contributed by atoms with Gasteiger partial charge in [0, 0.05) is 10.3 Å². The second-order valence-electron chi connectivity index (χ2n) is 7.10. The quantitative estimate of drug-likeness (QED) is 0.335. The normalized spacial score (nSPS) is 10.7. The first kappa shape index (κ1) is 22.6. The van der Waals surface area contributed by atoms with Crippen molar-refractivity contribution < 1.29 is 9.59 Å². The van der Waals surface area contributed by atoms with E-state index in [2.05, 4.69) is 16.0 Å². The van der Waals surface area contributed by atoms with E-state index in [1.54, 1.807) is 42.5 Å². The van der Waals surface area contributed by atoms with E-state index in [0.717, 1.165) is 10.5 Å². The van der Waals surface area contributed by atoms with Gasteiger partial charge < -0.3 is 0 Å². The number of benzene rings is 3. The molecule has 9 heteroatoms. The summed E-state index contributed by atoms with van der Waals surface area (Å²) in [5.74, 6) is -1.22. The number of hydrazine groups is 1. The third-order valence-corrected chi connectivity index (χ3v) is 6.02. The highest BCUT2D eigenvalue weighted by atomic mass is 35.5. The molecule has 33 heavy (non-hydrogen) atoms. The molecule has 2 N–H and O–H groups in total. The van der Waals surface area contributed by atoms with E-state index < -0.39 is 11.8 Å². The van der Waals surface area contributed by atoms with Gasteiger partial charge in [-0.1, -0.05) is 60.1 Å². The number of amides is 2. The molecule has 4 rings (SSSR count). The first-order valence-electron chi connectivity index (χ1n) is 9.96. The van der Waals surface area contributed by atoms with Gasteiger partial charge in [-0.3, -0.25) is 25.2 Å². The zero-order chi connectivity index (χ0) is 23.4. The lowest BCUT2D eigenvalue weighted by Crippen LogP contribution is -2.43. The lowest BCUT2D eigenvalue weighted by molar-refractivity contribution is 0.0843. The second-order valence-corrected chi connectivity index (χ2v) is 8.38. The van der Waals surface area contributed by atoms with Gasteiger partial charge in [0.25, 0.3) is 17.4 Å². The number of carbonyl (C=O) groups is 2. The number of halogens is 1. The topological polar surface area (TPSA) is 93.1 Å². The summed E-state index contributed by atoms with van der Waals surface area (Å²) >= 11 is 7.61. The number of aromatic nitrogens is 2. The number of thioether (sulfide) groups is 1. The molecule has 0 aliphatic rings. The Morgan fingerprint density at radius 3 is 2.33 bits per heavy atom. The standard InChI is InChI=1S/C24H19ClN4O3S/c1-33-16-11-12-20(25)19(13-16)22(30)26-27-23(31)21-17-9-5-6-10-18(17)24(32)29(28-21)14-15-7-3-2-4-8-15/h2-13H,14H2,1H3,(H,26,30)(H,27,31). The lowest BCUT2D eigenvalue weighted by Gasteiger charge is -2.12. The first-order valence-corrected chi connectivity index (χ1v) is 11.6.